The number of alkyl halides is 2. The lowest BCUT2D eigenvalue weighted by Gasteiger charge is -2.16. The van der Waals surface area contributed by atoms with Gasteiger partial charge in [-0.3, -0.25) is 4.99 Å². The average molecular weight is 470 g/mol. The molecule has 2 atom stereocenters. The zero-order valence-corrected chi connectivity index (χ0v) is 18.2. The second-order valence-corrected chi connectivity index (χ2v) is 8.57. The Hall–Kier alpha value is -2.66. The summed E-state index contributed by atoms with van der Waals surface area (Å²) in [6.07, 6.45) is 1.31. The smallest absolute Gasteiger partial charge is 0.272 e. The minimum absolute atomic E-state index is 0.108. The highest BCUT2D eigenvalue weighted by Crippen LogP contribution is 2.61. The van der Waals surface area contributed by atoms with Crippen molar-refractivity contribution in [2.45, 2.75) is 23.5 Å². The molecule has 32 heavy (non-hydrogen) atoms. The fourth-order valence-corrected chi connectivity index (χ4v) is 4.49. The summed E-state index contributed by atoms with van der Waals surface area (Å²) in [4.78, 5) is 11.5. The molecule has 6 nitrogen and oxygen atoms in total. The molecule has 0 amide bonds. The summed E-state index contributed by atoms with van der Waals surface area (Å²) in [5.74, 6) is -1.43. The molecule has 1 aliphatic rings. The molecule has 3 rings (SSSR count). The van der Waals surface area contributed by atoms with Crippen LogP contribution in [-0.2, 0) is 4.74 Å². The molecule has 1 saturated carbocycles. The fourth-order valence-electron chi connectivity index (χ4n) is 3.28. The number of aliphatic imine (C=N–C) groups is 1. The maximum atomic E-state index is 14.7. The molecule has 0 unspecified atom stereocenters. The van der Waals surface area contributed by atoms with Crippen LogP contribution >= 0.6 is 11.8 Å². The molecule has 2 N–H and O–H groups in total. The van der Waals surface area contributed by atoms with Crippen LogP contribution in [0.5, 0.6) is 5.88 Å². The Morgan fingerprint density at radius 3 is 2.78 bits per heavy atom. The molecule has 1 heterocycles. The number of halogens is 4. The van der Waals surface area contributed by atoms with Gasteiger partial charge in [-0.15, -0.1) is 0 Å². The van der Waals surface area contributed by atoms with Gasteiger partial charge in [0.25, 0.3) is 6.43 Å². The summed E-state index contributed by atoms with van der Waals surface area (Å²) in [5, 5.41) is 0.381. The predicted octanol–water partition coefficient (Wildman–Crippen LogP) is 4.28. The van der Waals surface area contributed by atoms with Crippen molar-refractivity contribution in [1.29, 1.82) is 0 Å². The number of thioether (sulfide) groups is 1. The fraction of sp³-hybridized carbons (Fsp3) is 0.381. The van der Waals surface area contributed by atoms with Crippen LogP contribution in [0.1, 0.15) is 29.2 Å². The van der Waals surface area contributed by atoms with Gasteiger partial charge in [0.15, 0.2) is 17.6 Å². The van der Waals surface area contributed by atoms with Gasteiger partial charge in [0, 0.05) is 20.1 Å². The minimum atomic E-state index is -2.65. The molecule has 0 spiro atoms. The van der Waals surface area contributed by atoms with E-state index >= 15 is 0 Å². The van der Waals surface area contributed by atoms with E-state index in [9.17, 15) is 17.6 Å². The third kappa shape index (κ3) is 5.77. The standard InChI is InChI=1S/C21H22F4N4O2S/c1-27-20(26)32-21(11-30-2)7-14(21)13-5-12(3-4-15(13)22)6-16(23)17-8-29-19(9-28-17)31-10-18(24)25/h3-6,8-9,14,18H,7,10-11H2,1-2H3,(H2,26,27)/b16-6-/t14-,21+/m0/s1. The van der Waals surface area contributed by atoms with Crippen LogP contribution < -0.4 is 10.5 Å². The van der Waals surface area contributed by atoms with Crippen molar-refractivity contribution < 1.29 is 27.0 Å². The largest absolute Gasteiger partial charge is 0.470 e. The van der Waals surface area contributed by atoms with Crippen LogP contribution in [0, 0.1) is 5.82 Å². The van der Waals surface area contributed by atoms with E-state index in [1.165, 1.54) is 30.0 Å². The lowest BCUT2D eigenvalue weighted by molar-refractivity contribution is 0.0793. The van der Waals surface area contributed by atoms with Crippen LogP contribution in [0.15, 0.2) is 35.6 Å². The molecule has 11 heteroatoms. The zero-order valence-electron chi connectivity index (χ0n) is 17.4. The summed E-state index contributed by atoms with van der Waals surface area (Å²) in [5.41, 5.74) is 6.61. The number of methoxy groups -OCH3 is 1. The van der Waals surface area contributed by atoms with E-state index in [0.29, 0.717) is 29.3 Å². The maximum absolute atomic E-state index is 14.7. The third-order valence-corrected chi connectivity index (χ3v) is 6.23. The normalized spacial score (nSPS) is 21.2. The molecule has 1 aliphatic carbocycles. The second kappa shape index (κ2) is 10.3. The molecular formula is C21H22F4N4O2S. The van der Waals surface area contributed by atoms with Crippen molar-refractivity contribution >= 4 is 28.8 Å². The van der Waals surface area contributed by atoms with E-state index in [1.54, 1.807) is 20.2 Å². The van der Waals surface area contributed by atoms with Crippen LogP contribution in [0.4, 0.5) is 17.6 Å². The van der Waals surface area contributed by atoms with Crippen molar-refractivity contribution in [2.75, 3.05) is 27.4 Å². The highest BCUT2D eigenvalue weighted by molar-refractivity contribution is 8.15. The van der Waals surface area contributed by atoms with E-state index in [-0.39, 0.29) is 17.5 Å². The van der Waals surface area contributed by atoms with E-state index in [1.807, 2.05) is 0 Å². The lowest BCUT2D eigenvalue weighted by atomic mass is 10.0. The summed E-state index contributed by atoms with van der Waals surface area (Å²) < 4.78 is 63.2. The molecule has 0 bridgehead atoms. The molecule has 1 aromatic carbocycles. The Kier molecular flexibility index (Phi) is 7.73. The third-order valence-electron chi connectivity index (χ3n) is 4.86. The molecule has 172 valence electrons. The van der Waals surface area contributed by atoms with E-state index in [4.69, 9.17) is 15.2 Å². The molecule has 0 aliphatic heterocycles. The van der Waals surface area contributed by atoms with Gasteiger partial charge in [-0.25, -0.2) is 27.5 Å². The van der Waals surface area contributed by atoms with Crippen molar-refractivity contribution in [3.05, 3.63) is 53.2 Å². The Balaban J connectivity index is 1.79. The molecule has 1 aromatic heterocycles. The van der Waals surface area contributed by atoms with Gasteiger partial charge in [-0.1, -0.05) is 17.8 Å². The molecule has 1 fully saturated rings. The zero-order chi connectivity index (χ0) is 23.3. The number of nitrogens with zero attached hydrogens (tertiary/aromatic N) is 3. The van der Waals surface area contributed by atoms with E-state index in [2.05, 4.69) is 15.0 Å². The van der Waals surface area contributed by atoms with Crippen molar-refractivity contribution in [3.63, 3.8) is 0 Å². The monoisotopic (exact) mass is 470 g/mol. The number of ether oxygens (including phenoxy) is 2. The molecular weight excluding hydrogens is 448 g/mol. The number of aromatic nitrogens is 2. The Labute approximate surface area is 186 Å². The van der Waals surface area contributed by atoms with Gasteiger partial charge in [0.05, 0.1) is 23.7 Å². The summed E-state index contributed by atoms with van der Waals surface area (Å²) in [6, 6.07) is 4.30. The van der Waals surface area contributed by atoms with Crippen LogP contribution in [0.3, 0.4) is 0 Å². The van der Waals surface area contributed by atoms with Crippen molar-refractivity contribution in [1.82, 2.24) is 9.97 Å². The SMILES string of the molecule is CN=C(N)S[C@@]1(COC)C[C@H]1c1cc(/C=C(\F)c2cnc(OCC(F)F)cn2)ccc1F. The van der Waals surface area contributed by atoms with E-state index < -0.39 is 29.4 Å². The molecule has 2 aromatic rings. The van der Waals surface area contributed by atoms with Gasteiger partial charge in [-0.05, 0) is 35.8 Å². The number of nitrogens with two attached hydrogens (primary N) is 1. The lowest BCUT2D eigenvalue weighted by Crippen LogP contribution is -2.21. The maximum Gasteiger partial charge on any atom is 0.272 e. The van der Waals surface area contributed by atoms with Crippen LogP contribution in [0.2, 0.25) is 0 Å². The highest BCUT2D eigenvalue weighted by Gasteiger charge is 2.57. The minimum Gasteiger partial charge on any atom is -0.470 e. The topological polar surface area (TPSA) is 82.6 Å². The number of benzene rings is 1. The number of rotatable bonds is 9. The highest BCUT2D eigenvalue weighted by atomic mass is 32.2. The first-order valence-electron chi connectivity index (χ1n) is 9.58. The Bertz CT molecular complexity index is 1000. The van der Waals surface area contributed by atoms with Gasteiger partial charge < -0.3 is 15.2 Å². The van der Waals surface area contributed by atoms with Gasteiger partial charge in [0.1, 0.15) is 11.5 Å². The van der Waals surface area contributed by atoms with E-state index in [0.717, 1.165) is 12.4 Å². The summed E-state index contributed by atoms with van der Waals surface area (Å²) in [7, 11) is 3.14. The number of hydrogen-bond donors (Lipinski definition) is 1. The summed E-state index contributed by atoms with van der Waals surface area (Å²) >= 11 is 1.34. The first-order valence-corrected chi connectivity index (χ1v) is 10.4. The first kappa shape index (κ1) is 24.0. The van der Waals surface area contributed by atoms with Crippen LogP contribution in [0.25, 0.3) is 11.9 Å². The summed E-state index contributed by atoms with van der Waals surface area (Å²) in [6.45, 7) is -0.466. The van der Waals surface area contributed by atoms with Crippen molar-refractivity contribution in [3.8, 4) is 5.88 Å². The van der Waals surface area contributed by atoms with Crippen LogP contribution in [-0.4, -0.2) is 53.7 Å². The van der Waals surface area contributed by atoms with Gasteiger partial charge in [-0.2, -0.15) is 0 Å². The Morgan fingerprint density at radius 1 is 1.38 bits per heavy atom. The van der Waals surface area contributed by atoms with Gasteiger partial charge >= 0.3 is 0 Å². The predicted molar refractivity (Wildman–Crippen MR) is 116 cm³/mol. The van der Waals surface area contributed by atoms with Crippen molar-refractivity contribution in [2.24, 2.45) is 10.7 Å². The number of hydrogen-bond acceptors (Lipinski definition) is 6. The quantitative estimate of drug-likeness (QED) is 0.335. The second-order valence-electron chi connectivity index (χ2n) is 7.13. The molecule has 0 radical (unpaired) electrons. The number of amidine groups is 1. The average Bonchev–Trinajstić information content (AvgIpc) is 3.46. The first-order chi connectivity index (χ1) is 15.3. The van der Waals surface area contributed by atoms with Gasteiger partial charge in [0.2, 0.25) is 5.88 Å². The molecule has 0 saturated heterocycles. The Morgan fingerprint density at radius 2 is 2.16 bits per heavy atom.